The zero-order valence-electron chi connectivity index (χ0n) is 19.9. The van der Waals surface area contributed by atoms with E-state index in [1.54, 1.807) is 13.2 Å². The minimum Gasteiger partial charge on any atom is -0.497 e. The lowest BCUT2D eigenvalue weighted by Crippen LogP contribution is -2.26. The van der Waals surface area contributed by atoms with Gasteiger partial charge in [0.15, 0.2) is 0 Å². The normalized spacial score (nSPS) is 17.0. The van der Waals surface area contributed by atoms with E-state index in [-0.39, 0.29) is 18.8 Å². The monoisotopic (exact) mass is 483 g/mol. The number of methoxy groups -OCH3 is 1. The van der Waals surface area contributed by atoms with Crippen LogP contribution in [0.2, 0.25) is 5.02 Å². The maximum absolute atomic E-state index is 12.7. The van der Waals surface area contributed by atoms with Crippen molar-refractivity contribution in [2.75, 3.05) is 25.7 Å². The second-order valence-corrected chi connectivity index (χ2v) is 8.75. The molecule has 7 heteroatoms. The van der Waals surface area contributed by atoms with Crippen LogP contribution in [0, 0.1) is 0 Å². The van der Waals surface area contributed by atoms with E-state index >= 15 is 0 Å². The number of fused-ring (bicyclic) bond motifs is 1. The second-order valence-electron chi connectivity index (χ2n) is 8.34. The van der Waals surface area contributed by atoms with Crippen LogP contribution in [-0.4, -0.2) is 36.5 Å². The summed E-state index contributed by atoms with van der Waals surface area (Å²) < 4.78 is 24.1. The highest BCUT2D eigenvalue weighted by Gasteiger charge is 2.34. The van der Waals surface area contributed by atoms with E-state index in [2.05, 4.69) is 31.3 Å². The fourth-order valence-corrected chi connectivity index (χ4v) is 4.72. The van der Waals surface area contributed by atoms with Crippen molar-refractivity contribution in [1.29, 1.82) is 0 Å². The lowest BCUT2D eigenvalue weighted by molar-refractivity contribution is 0.0437. The number of nitrogens with one attached hydrogen (secondary N) is 1. The number of hydrogen-bond donors (Lipinski definition) is 1. The molecule has 2 unspecified atom stereocenters. The van der Waals surface area contributed by atoms with Crippen LogP contribution >= 0.6 is 11.6 Å². The van der Waals surface area contributed by atoms with Crippen LogP contribution in [0.4, 0.5) is 10.2 Å². The van der Waals surface area contributed by atoms with Gasteiger partial charge in [-0.15, -0.1) is 0 Å². The third-order valence-electron chi connectivity index (χ3n) is 6.23. The molecule has 0 spiro atoms. The Hall–Kier alpha value is -2.70. The fourth-order valence-electron chi connectivity index (χ4n) is 4.46. The van der Waals surface area contributed by atoms with Gasteiger partial charge < -0.3 is 14.8 Å². The van der Waals surface area contributed by atoms with Crippen LogP contribution < -0.4 is 10.1 Å². The number of aromatic nitrogens is 2. The van der Waals surface area contributed by atoms with Gasteiger partial charge in [0.05, 0.1) is 48.0 Å². The highest BCUT2D eigenvalue weighted by atomic mass is 35.5. The topological polar surface area (TPSA) is 56.3 Å². The number of nitrogens with zero attached hydrogens (tertiary/aromatic N) is 2. The Morgan fingerprint density at radius 3 is 2.59 bits per heavy atom. The first-order valence-electron chi connectivity index (χ1n) is 11.8. The van der Waals surface area contributed by atoms with E-state index in [0.717, 1.165) is 34.9 Å². The summed E-state index contributed by atoms with van der Waals surface area (Å²) in [6.45, 7) is 4.15. The standard InChI is InChI=1S/C27H31ClFN3O2/c1-4-22-25(20-12-11-18(33-3)16-21(20)28)30-23(5-2)27(31-22)32-26-19-10-7-6-9-17(19)15-24(26)34-14-8-13-29/h6-7,9-12,16,24,26H,4-5,8,13-15H2,1-3H3,(H,31,32). The average molecular weight is 484 g/mol. The highest BCUT2D eigenvalue weighted by Crippen LogP contribution is 2.38. The summed E-state index contributed by atoms with van der Waals surface area (Å²) in [5.41, 5.74) is 5.80. The van der Waals surface area contributed by atoms with Crippen molar-refractivity contribution >= 4 is 17.4 Å². The van der Waals surface area contributed by atoms with Gasteiger partial charge in [-0.05, 0) is 48.6 Å². The Morgan fingerprint density at radius 2 is 1.88 bits per heavy atom. The minimum atomic E-state index is -0.377. The minimum absolute atomic E-state index is 0.0736. The molecule has 1 heterocycles. The zero-order valence-corrected chi connectivity index (χ0v) is 20.7. The number of halogens is 2. The first-order valence-corrected chi connectivity index (χ1v) is 12.2. The lowest BCUT2D eigenvalue weighted by atomic mass is 10.1. The third-order valence-corrected chi connectivity index (χ3v) is 6.54. The Labute approximate surface area is 205 Å². The number of rotatable bonds is 10. The van der Waals surface area contributed by atoms with Crippen LogP contribution in [-0.2, 0) is 24.0 Å². The van der Waals surface area contributed by atoms with Gasteiger partial charge >= 0.3 is 0 Å². The molecule has 5 nitrogen and oxygen atoms in total. The molecular weight excluding hydrogens is 453 g/mol. The molecule has 1 aliphatic rings. The molecule has 0 amide bonds. The van der Waals surface area contributed by atoms with Crippen LogP contribution in [0.3, 0.4) is 0 Å². The molecule has 0 bridgehead atoms. The summed E-state index contributed by atoms with van der Waals surface area (Å²) in [4.78, 5) is 10.0. The molecule has 1 N–H and O–H groups in total. The summed E-state index contributed by atoms with van der Waals surface area (Å²) >= 11 is 6.57. The van der Waals surface area contributed by atoms with Gasteiger partial charge in [-0.25, -0.2) is 9.97 Å². The predicted octanol–water partition coefficient (Wildman–Crippen LogP) is 6.38. The van der Waals surface area contributed by atoms with Gasteiger partial charge in [0, 0.05) is 18.6 Å². The van der Waals surface area contributed by atoms with E-state index < -0.39 is 0 Å². The molecule has 0 saturated heterocycles. The average Bonchev–Trinajstić information content (AvgIpc) is 3.21. The third kappa shape index (κ3) is 5.03. The first-order chi connectivity index (χ1) is 16.6. The number of anilines is 1. The van der Waals surface area contributed by atoms with Gasteiger partial charge in [-0.3, -0.25) is 4.39 Å². The molecule has 0 aliphatic heterocycles. The van der Waals surface area contributed by atoms with Crippen molar-refractivity contribution in [3.63, 3.8) is 0 Å². The number of hydrogen-bond acceptors (Lipinski definition) is 5. The predicted molar refractivity (Wildman–Crippen MR) is 135 cm³/mol. The summed E-state index contributed by atoms with van der Waals surface area (Å²) in [6, 6.07) is 13.9. The van der Waals surface area contributed by atoms with Crippen LogP contribution in [0.15, 0.2) is 42.5 Å². The summed E-state index contributed by atoms with van der Waals surface area (Å²) in [6.07, 6.45) is 2.52. The van der Waals surface area contributed by atoms with Crippen molar-refractivity contribution in [3.05, 3.63) is 70.0 Å². The summed E-state index contributed by atoms with van der Waals surface area (Å²) in [5.74, 6) is 1.46. The van der Waals surface area contributed by atoms with Crippen molar-refractivity contribution in [3.8, 4) is 17.0 Å². The van der Waals surface area contributed by atoms with Gasteiger partial charge in [0.1, 0.15) is 11.6 Å². The van der Waals surface area contributed by atoms with Crippen LogP contribution in [0.5, 0.6) is 5.75 Å². The molecule has 1 aromatic heterocycles. The number of ether oxygens (including phenoxy) is 2. The molecular formula is C27H31ClFN3O2. The molecule has 34 heavy (non-hydrogen) atoms. The van der Waals surface area contributed by atoms with Gasteiger partial charge in [0.25, 0.3) is 0 Å². The van der Waals surface area contributed by atoms with E-state index in [4.69, 9.17) is 31.0 Å². The quantitative estimate of drug-likeness (QED) is 0.339. The molecule has 0 saturated carbocycles. The number of alkyl halides is 1. The number of benzene rings is 2. The Morgan fingerprint density at radius 1 is 1.09 bits per heavy atom. The second kappa shape index (κ2) is 11.2. The maximum Gasteiger partial charge on any atom is 0.148 e. The highest BCUT2D eigenvalue weighted by molar-refractivity contribution is 6.33. The first kappa shape index (κ1) is 24.4. The Kier molecular flexibility index (Phi) is 8.01. The smallest absolute Gasteiger partial charge is 0.148 e. The SMILES string of the molecule is CCc1nc(-c2ccc(OC)cc2Cl)c(CC)nc1NC1c2ccccc2CC1OCCCF. The molecule has 2 aromatic carbocycles. The van der Waals surface area contributed by atoms with Crippen LogP contribution in [0.25, 0.3) is 11.3 Å². The molecule has 4 rings (SSSR count). The van der Waals surface area contributed by atoms with E-state index in [9.17, 15) is 4.39 Å². The van der Waals surface area contributed by atoms with Gasteiger partial charge in [-0.1, -0.05) is 49.7 Å². The largest absolute Gasteiger partial charge is 0.497 e. The Balaban J connectivity index is 1.70. The van der Waals surface area contributed by atoms with Crippen molar-refractivity contribution < 1.29 is 13.9 Å². The summed E-state index contributed by atoms with van der Waals surface area (Å²) in [5, 5.41) is 4.22. The molecule has 3 aromatic rings. The van der Waals surface area contributed by atoms with E-state index in [1.807, 2.05) is 24.3 Å². The Bertz CT molecular complexity index is 1140. The lowest BCUT2D eigenvalue weighted by Gasteiger charge is -2.24. The summed E-state index contributed by atoms with van der Waals surface area (Å²) in [7, 11) is 1.62. The number of aryl methyl sites for hydroxylation is 2. The van der Waals surface area contributed by atoms with Crippen LogP contribution in [0.1, 0.15) is 48.8 Å². The zero-order chi connectivity index (χ0) is 24.1. The van der Waals surface area contributed by atoms with Crippen molar-refractivity contribution in [1.82, 2.24) is 9.97 Å². The molecule has 180 valence electrons. The van der Waals surface area contributed by atoms with E-state index in [0.29, 0.717) is 36.6 Å². The maximum atomic E-state index is 12.7. The molecule has 0 fully saturated rings. The van der Waals surface area contributed by atoms with Gasteiger partial charge in [0.2, 0.25) is 0 Å². The van der Waals surface area contributed by atoms with Gasteiger partial charge in [-0.2, -0.15) is 0 Å². The van der Waals surface area contributed by atoms with E-state index in [1.165, 1.54) is 11.1 Å². The molecule has 2 atom stereocenters. The molecule has 1 aliphatic carbocycles. The van der Waals surface area contributed by atoms with Crippen molar-refractivity contribution in [2.45, 2.75) is 51.7 Å². The fraction of sp³-hybridized carbons (Fsp3) is 0.407. The molecule has 0 radical (unpaired) electrons. The van der Waals surface area contributed by atoms with Crippen molar-refractivity contribution in [2.24, 2.45) is 0 Å².